The topological polar surface area (TPSA) is 28.2 Å². The molecule has 0 aliphatic heterocycles. The Balaban J connectivity index is 1.91. The minimum Gasteiger partial charge on any atom is -0.381 e. The van der Waals surface area contributed by atoms with Crippen LogP contribution in [0.25, 0.3) is 0 Å². The molecule has 0 saturated heterocycles. The molecular weight excluding hydrogens is 258 g/mol. The minimum absolute atomic E-state index is 0.627. The van der Waals surface area contributed by atoms with Crippen LogP contribution >= 0.6 is 0 Å². The van der Waals surface area contributed by atoms with Crippen LogP contribution in [0.1, 0.15) is 59.3 Å². The SMILES string of the molecule is CCC1CCCC(Nc2ccc(N(CC)CC)nc2)CC1. The van der Waals surface area contributed by atoms with Crippen molar-refractivity contribution in [3.8, 4) is 0 Å². The largest absolute Gasteiger partial charge is 0.381 e. The maximum absolute atomic E-state index is 4.60. The van der Waals surface area contributed by atoms with Gasteiger partial charge in [-0.25, -0.2) is 4.98 Å². The molecule has 2 unspecified atom stereocenters. The van der Waals surface area contributed by atoms with Gasteiger partial charge in [0.25, 0.3) is 0 Å². The Bertz CT molecular complexity index is 397. The molecule has 3 nitrogen and oxygen atoms in total. The predicted molar refractivity (Wildman–Crippen MR) is 92.1 cm³/mol. The van der Waals surface area contributed by atoms with Crippen molar-refractivity contribution >= 4 is 11.5 Å². The van der Waals surface area contributed by atoms with Crippen LogP contribution in [0.2, 0.25) is 0 Å². The smallest absolute Gasteiger partial charge is 0.128 e. The molecule has 1 saturated carbocycles. The van der Waals surface area contributed by atoms with Crippen LogP contribution in [0.4, 0.5) is 11.5 Å². The maximum atomic E-state index is 4.60. The second-order valence-corrected chi connectivity index (χ2v) is 6.20. The first kappa shape index (κ1) is 16.1. The van der Waals surface area contributed by atoms with Crippen molar-refractivity contribution in [2.45, 2.75) is 65.3 Å². The van der Waals surface area contributed by atoms with E-state index in [4.69, 9.17) is 0 Å². The molecule has 2 atom stereocenters. The van der Waals surface area contributed by atoms with Crippen LogP contribution in [0.15, 0.2) is 18.3 Å². The van der Waals surface area contributed by atoms with Crippen LogP contribution in [0.5, 0.6) is 0 Å². The van der Waals surface area contributed by atoms with E-state index in [2.05, 4.69) is 48.1 Å². The Morgan fingerprint density at radius 2 is 1.90 bits per heavy atom. The van der Waals surface area contributed by atoms with E-state index in [0.717, 1.165) is 24.8 Å². The van der Waals surface area contributed by atoms with Crippen molar-refractivity contribution in [3.05, 3.63) is 18.3 Å². The predicted octanol–water partition coefficient (Wildman–Crippen LogP) is 4.70. The van der Waals surface area contributed by atoms with E-state index in [1.807, 2.05) is 6.20 Å². The molecule has 1 N–H and O–H groups in total. The number of aromatic nitrogens is 1. The third kappa shape index (κ3) is 4.62. The molecule has 0 bridgehead atoms. The first-order valence-corrected chi connectivity index (χ1v) is 8.74. The second kappa shape index (κ2) is 8.26. The van der Waals surface area contributed by atoms with Crippen molar-refractivity contribution in [1.29, 1.82) is 0 Å². The summed E-state index contributed by atoms with van der Waals surface area (Å²) >= 11 is 0. The lowest BCUT2D eigenvalue weighted by Gasteiger charge is -2.21. The highest BCUT2D eigenvalue weighted by atomic mass is 15.2. The quantitative estimate of drug-likeness (QED) is 0.769. The summed E-state index contributed by atoms with van der Waals surface area (Å²) < 4.78 is 0. The lowest BCUT2D eigenvalue weighted by molar-refractivity contribution is 0.444. The van der Waals surface area contributed by atoms with Gasteiger partial charge in [-0.1, -0.05) is 26.2 Å². The van der Waals surface area contributed by atoms with Gasteiger partial charge in [0.15, 0.2) is 0 Å². The highest BCUT2D eigenvalue weighted by Gasteiger charge is 2.17. The van der Waals surface area contributed by atoms with Gasteiger partial charge in [-0.05, 0) is 51.2 Å². The lowest BCUT2D eigenvalue weighted by atomic mass is 9.98. The number of pyridine rings is 1. The van der Waals surface area contributed by atoms with E-state index in [0.29, 0.717) is 6.04 Å². The summed E-state index contributed by atoms with van der Waals surface area (Å²) in [4.78, 5) is 6.88. The van der Waals surface area contributed by atoms with Crippen molar-refractivity contribution in [2.75, 3.05) is 23.3 Å². The number of nitrogens with zero attached hydrogens (tertiary/aromatic N) is 2. The summed E-state index contributed by atoms with van der Waals surface area (Å²) in [5.41, 5.74) is 1.17. The molecule has 1 heterocycles. The molecule has 0 aromatic carbocycles. The van der Waals surface area contributed by atoms with Crippen LogP contribution in [-0.4, -0.2) is 24.1 Å². The lowest BCUT2D eigenvalue weighted by Crippen LogP contribution is -2.23. The van der Waals surface area contributed by atoms with E-state index in [9.17, 15) is 0 Å². The van der Waals surface area contributed by atoms with Gasteiger partial charge in [0, 0.05) is 19.1 Å². The molecule has 0 radical (unpaired) electrons. The average molecular weight is 289 g/mol. The van der Waals surface area contributed by atoms with Crippen molar-refractivity contribution in [3.63, 3.8) is 0 Å². The first-order chi connectivity index (χ1) is 10.3. The van der Waals surface area contributed by atoms with Crippen LogP contribution in [-0.2, 0) is 0 Å². The van der Waals surface area contributed by atoms with Gasteiger partial charge in [-0.2, -0.15) is 0 Å². The van der Waals surface area contributed by atoms with Crippen LogP contribution < -0.4 is 10.2 Å². The van der Waals surface area contributed by atoms with Crippen LogP contribution in [0, 0.1) is 5.92 Å². The third-order valence-electron chi connectivity index (χ3n) is 4.87. The zero-order chi connectivity index (χ0) is 15.1. The summed E-state index contributed by atoms with van der Waals surface area (Å²) in [6, 6.07) is 4.95. The average Bonchev–Trinajstić information content (AvgIpc) is 2.75. The van der Waals surface area contributed by atoms with Crippen LogP contribution in [0.3, 0.4) is 0 Å². The highest BCUT2D eigenvalue weighted by molar-refractivity contribution is 5.49. The van der Waals surface area contributed by atoms with E-state index in [1.54, 1.807) is 0 Å². The normalized spacial score (nSPS) is 22.6. The molecule has 1 aromatic rings. The Morgan fingerprint density at radius 3 is 2.52 bits per heavy atom. The van der Waals surface area contributed by atoms with E-state index in [-0.39, 0.29) is 0 Å². The number of hydrogen-bond acceptors (Lipinski definition) is 3. The van der Waals surface area contributed by atoms with Gasteiger partial charge >= 0.3 is 0 Å². The van der Waals surface area contributed by atoms with Gasteiger partial charge in [0.05, 0.1) is 11.9 Å². The Morgan fingerprint density at radius 1 is 1.10 bits per heavy atom. The number of nitrogens with one attached hydrogen (secondary N) is 1. The number of rotatable bonds is 6. The summed E-state index contributed by atoms with van der Waals surface area (Å²) in [5.74, 6) is 2.03. The molecular formula is C18H31N3. The highest BCUT2D eigenvalue weighted by Crippen LogP contribution is 2.27. The van der Waals surface area contributed by atoms with Gasteiger partial charge in [-0.15, -0.1) is 0 Å². The summed E-state index contributed by atoms with van der Waals surface area (Å²) in [6.07, 6.45) is 10.1. The van der Waals surface area contributed by atoms with E-state index in [1.165, 1.54) is 44.2 Å². The molecule has 3 heteroatoms. The number of anilines is 2. The fraction of sp³-hybridized carbons (Fsp3) is 0.722. The van der Waals surface area contributed by atoms with E-state index >= 15 is 0 Å². The van der Waals surface area contributed by atoms with Gasteiger partial charge < -0.3 is 10.2 Å². The Kier molecular flexibility index (Phi) is 6.34. The monoisotopic (exact) mass is 289 g/mol. The van der Waals surface area contributed by atoms with E-state index < -0.39 is 0 Å². The fourth-order valence-corrected chi connectivity index (χ4v) is 3.37. The number of hydrogen-bond donors (Lipinski definition) is 1. The Labute approximate surface area is 130 Å². The minimum atomic E-state index is 0.627. The Hall–Kier alpha value is -1.25. The van der Waals surface area contributed by atoms with Crippen molar-refractivity contribution in [2.24, 2.45) is 5.92 Å². The molecule has 1 fully saturated rings. The summed E-state index contributed by atoms with van der Waals surface area (Å²) in [6.45, 7) is 8.70. The van der Waals surface area contributed by atoms with Gasteiger partial charge in [0.2, 0.25) is 0 Å². The van der Waals surface area contributed by atoms with Gasteiger partial charge in [-0.3, -0.25) is 0 Å². The molecule has 1 aliphatic carbocycles. The molecule has 2 rings (SSSR count). The molecule has 118 valence electrons. The molecule has 1 aromatic heterocycles. The maximum Gasteiger partial charge on any atom is 0.128 e. The standard InChI is InChI=1S/C18H31N3/c1-4-15-8-7-9-16(11-10-15)20-17-12-13-18(19-14-17)21(5-2)6-3/h12-16,20H,4-11H2,1-3H3. The third-order valence-corrected chi connectivity index (χ3v) is 4.87. The van der Waals surface area contributed by atoms with Crippen molar-refractivity contribution < 1.29 is 0 Å². The van der Waals surface area contributed by atoms with Crippen molar-refractivity contribution in [1.82, 2.24) is 4.98 Å². The first-order valence-electron chi connectivity index (χ1n) is 8.74. The molecule has 0 spiro atoms. The second-order valence-electron chi connectivity index (χ2n) is 6.20. The zero-order valence-electron chi connectivity index (χ0n) is 13.9. The summed E-state index contributed by atoms with van der Waals surface area (Å²) in [7, 11) is 0. The summed E-state index contributed by atoms with van der Waals surface area (Å²) in [5, 5.41) is 3.69. The molecule has 0 amide bonds. The fourth-order valence-electron chi connectivity index (χ4n) is 3.37. The zero-order valence-corrected chi connectivity index (χ0v) is 13.9. The van der Waals surface area contributed by atoms with Gasteiger partial charge in [0.1, 0.15) is 5.82 Å². The molecule has 21 heavy (non-hydrogen) atoms. The molecule has 1 aliphatic rings.